The largest absolute Gasteiger partial charge is 0.478 e. The van der Waals surface area contributed by atoms with E-state index < -0.39 is 53.4 Å². The Morgan fingerprint density at radius 1 is 0.508 bits per heavy atom. The van der Waals surface area contributed by atoms with Crippen molar-refractivity contribution in [3.05, 3.63) is 234 Å². The Morgan fingerprint density at radius 3 is 1.34 bits per heavy atom. The molecule has 3 N–H and O–H groups in total. The van der Waals surface area contributed by atoms with Gasteiger partial charge >= 0.3 is 6.18 Å². The molecular weight excluding hydrogens is 1580 g/mol. The molecule has 9 aromatic heterocycles. The van der Waals surface area contributed by atoms with E-state index in [-0.39, 0.29) is 65.3 Å². The Kier molecular flexibility index (Phi) is 26.7. The number of alkyl halides is 7. The Hall–Kier alpha value is -14.2. The molecule has 3 aliphatic rings. The SMILES string of the molecule is C.C=CC(=O)N1CCC[C@H]1c1nc(-c2ccc(C(=O)Nc3cc(C(C)(F)F)ccn3)cc2)c2cncc(OCC)n12.CC#CC(=O)N1CCCC[C@H]1c1nc(-c2ccc(C(=O)Nc3cc(C)ccn3)cc2)c2c(C(F)(F)F)nccn12.CC#CC(=O)N1CCC[C@H]1c1nc(-c2ccc(C(=O)Nc3cc(C(C)(F)F)ccn3)cc2)c2cncc(OCC)n12. The number of fused-ring (bicyclic) bond motifs is 3. The molecule has 628 valence electrons. The number of pyridine rings is 3. The van der Waals surface area contributed by atoms with Crippen LogP contribution >= 0.6 is 0 Å². The van der Waals surface area contributed by atoms with Crippen LogP contribution in [0.3, 0.4) is 0 Å². The summed E-state index contributed by atoms with van der Waals surface area (Å²) in [4.78, 5) is 121. The Morgan fingerprint density at radius 2 is 0.910 bits per heavy atom. The third-order valence-electron chi connectivity index (χ3n) is 20.3. The number of nitrogens with zero attached hydrogens (tertiary/aromatic N) is 15. The topological polar surface area (TPSA) is 296 Å². The van der Waals surface area contributed by atoms with Gasteiger partial charge in [0, 0.05) is 109 Å². The minimum atomic E-state index is -4.75. The maximum absolute atomic E-state index is 14.1. The standard InChI is InChI=1S/C30H28F2N6O3.C29H25F3N6O2.C29H28F2N6O3.CH4/c1-4-7-25(39)37-15-6-8-22(37)28-36-27(23-17-33-18-26(38(23)28)41-5-2)19-9-11-20(12-10-19)29(40)35-24-16-21(13-14-34-24)30(3,31)32;1-3-6-23(39)37-15-5-4-7-21(37)27-36-24(25-26(29(30,31)32)34-14-16-38(25)27)19-8-10-20(11-9-19)28(40)35-22-17-18(2)12-13-33-22;1-4-24(38)36-14-6-7-21(36)27-35-26(22-16-32-17-25(37(22)27)40-5-2)18-8-10-19(11-9-18)28(39)34-23-15-20(12-13-33-23)29(3,30)31;/h9-14,16-18,22H,5-6,8,15H2,1-3H3,(H,34,35,40);8-14,16-17,21H,4-5,7,15H2,1-2H3,(H,33,35,40);4,8-13,15-17,21H,1,5-7,14H2,2-3H3,(H,33,34,39);1H4/t22-;2*21-;/m000./s1. The van der Waals surface area contributed by atoms with Gasteiger partial charge in [0.25, 0.3) is 41.4 Å². The van der Waals surface area contributed by atoms with Crippen LogP contribution in [0.2, 0.25) is 0 Å². The molecule has 33 heteroatoms. The van der Waals surface area contributed by atoms with Crippen molar-refractivity contribution in [3.8, 4) is 69.2 Å². The van der Waals surface area contributed by atoms with Gasteiger partial charge in [0.05, 0.1) is 84.2 Å². The highest BCUT2D eigenvalue weighted by molar-refractivity contribution is 6.06. The van der Waals surface area contributed by atoms with Gasteiger partial charge in [0.1, 0.15) is 40.4 Å². The molecular formula is C89H85F7N18O8. The molecule has 0 saturated carbocycles. The minimum absolute atomic E-state index is 0. The summed E-state index contributed by atoms with van der Waals surface area (Å²) in [5.41, 5.74) is 4.54. The molecule has 12 heterocycles. The number of carbonyl (C=O) groups is 6. The first-order chi connectivity index (χ1) is 58.1. The fraction of sp³-hybridized carbons (Fsp3) is 0.292. The summed E-state index contributed by atoms with van der Waals surface area (Å²) < 4.78 is 114. The van der Waals surface area contributed by atoms with Crippen LogP contribution < -0.4 is 25.4 Å². The molecule has 3 aliphatic heterocycles. The number of aromatic nitrogens is 12. The maximum atomic E-state index is 14.1. The summed E-state index contributed by atoms with van der Waals surface area (Å²) >= 11 is 0. The fourth-order valence-corrected chi connectivity index (χ4v) is 14.7. The molecule has 3 saturated heterocycles. The van der Waals surface area contributed by atoms with Gasteiger partial charge < -0.3 is 40.1 Å². The van der Waals surface area contributed by atoms with E-state index in [2.05, 4.69) is 81.1 Å². The second-order valence-electron chi connectivity index (χ2n) is 28.5. The molecule has 6 amide bonds. The highest BCUT2D eigenvalue weighted by Gasteiger charge is 2.41. The van der Waals surface area contributed by atoms with Crippen LogP contribution in [0.25, 0.3) is 50.3 Å². The highest BCUT2D eigenvalue weighted by Crippen LogP contribution is 2.43. The van der Waals surface area contributed by atoms with Crippen LogP contribution in [0.15, 0.2) is 178 Å². The van der Waals surface area contributed by atoms with Gasteiger partial charge in [0.2, 0.25) is 17.7 Å². The predicted molar refractivity (Wildman–Crippen MR) is 443 cm³/mol. The monoisotopic (exact) mass is 1670 g/mol. The van der Waals surface area contributed by atoms with Crippen molar-refractivity contribution in [1.82, 2.24) is 72.8 Å². The van der Waals surface area contributed by atoms with Gasteiger partial charge in [-0.25, -0.2) is 52.4 Å². The van der Waals surface area contributed by atoms with Crippen molar-refractivity contribution in [3.63, 3.8) is 0 Å². The predicted octanol–water partition coefficient (Wildman–Crippen LogP) is 16.7. The number of ether oxygens (including phenoxy) is 2. The molecule has 3 aromatic carbocycles. The second-order valence-corrected chi connectivity index (χ2v) is 28.5. The highest BCUT2D eigenvalue weighted by atomic mass is 19.4. The summed E-state index contributed by atoms with van der Waals surface area (Å²) in [6, 6.07) is 26.7. The third-order valence-corrected chi connectivity index (χ3v) is 20.3. The Bertz CT molecular complexity index is 6060. The second kappa shape index (κ2) is 37.4. The van der Waals surface area contributed by atoms with E-state index in [1.807, 2.05) is 29.6 Å². The molecule has 3 fully saturated rings. The van der Waals surface area contributed by atoms with Crippen LogP contribution in [-0.4, -0.2) is 141 Å². The van der Waals surface area contributed by atoms with Crippen molar-refractivity contribution in [2.75, 3.05) is 48.8 Å². The van der Waals surface area contributed by atoms with E-state index in [0.29, 0.717) is 119 Å². The van der Waals surface area contributed by atoms with E-state index >= 15 is 0 Å². The number of imidazole rings is 3. The van der Waals surface area contributed by atoms with Crippen molar-refractivity contribution in [1.29, 1.82) is 0 Å². The number of aryl methyl sites for hydroxylation is 1. The molecule has 0 unspecified atom stereocenters. The molecule has 26 nitrogen and oxygen atoms in total. The van der Waals surface area contributed by atoms with Crippen molar-refractivity contribution < 1.29 is 69.0 Å². The number of amides is 6. The van der Waals surface area contributed by atoms with Crippen LogP contribution in [0, 0.1) is 30.6 Å². The summed E-state index contributed by atoms with van der Waals surface area (Å²) in [6.45, 7) is 16.5. The molecule has 15 rings (SSSR count). The number of hydrogen-bond donors (Lipinski definition) is 3. The quantitative estimate of drug-likeness (QED) is 0.0385. The fourth-order valence-electron chi connectivity index (χ4n) is 14.7. The normalized spacial score (nSPS) is 15.1. The van der Waals surface area contributed by atoms with Gasteiger partial charge in [-0.15, -0.1) is 0 Å². The lowest BCUT2D eigenvalue weighted by Gasteiger charge is -2.33. The number of rotatable bonds is 19. The Balaban J connectivity index is 0.000000167. The van der Waals surface area contributed by atoms with Gasteiger partial charge in [0.15, 0.2) is 5.69 Å². The smallest absolute Gasteiger partial charge is 0.435 e. The van der Waals surface area contributed by atoms with Gasteiger partial charge in [-0.3, -0.25) is 51.9 Å². The van der Waals surface area contributed by atoms with Crippen molar-refractivity contribution in [2.24, 2.45) is 0 Å². The van der Waals surface area contributed by atoms with Crippen LogP contribution in [0.5, 0.6) is 11.8 Å². The lowest BCUT2D eigenvalue weighted by molar-refractivity contribution is -0.140. The minimum Gasteiger partial charge on any atom is -0.478 e. The number of benzene rings is 3. The first kappa shape index (κ1) is 87.1. The molecule has 122 heavy (non-hydrogen) atoms. The van der Waals surface area contributed by atoms with E-state index in [4.69, 9.17) is 19.4 Å². The summed E-state index contributed by atoms with van der Waals surface area (Å²) in [5.74, 6) is 5.21. The average Bonchev–Trinajstić information content (AvgIpc) is 1.61. The summed E-state index contributed by atoms with van der Waals surface area (Å²) in [5, 5.41) is 7.85. The molecule has 3 atom stereocenters. The molecule has 0 spiro atoms. The number of halogens is 7. The number of nitrogens with one attached hydrogen (secondary N) is 3. The number of piperidine rings is 1. The van der Waals surface area contributed by atoms with Gasteiger partial charge in [-0.2, -0.15) is 13.2 Å². The lowest BCUT2D eigenvalue weighted by atomic mass is 10.0. The maximum Gasteiger partial charge on any atom is 0.435 e. The lowest BCUT2D eigenvalue weighted by Crippen LogP contribution is -2.38. The zero-order valence-corrected chi connectivity index (χ0v) is 66.7. The average molecular weight is 1670 g/mol. The van der Waals surface area contributed by atoms with E-state index in [1.54, 1.807) is 132 Å². The zero-order chi connectivity index (χ0) is 86.0. The summed E-state index contributed by atoms with van der Waals surface area (Å²) in [6.07, 6.45) is 14.9. The van der Waals surface area contributed by atoms with Crippen LogP contribution in [0.1, 0.15) is 183 Å². The molecule has 0 radical (unpaired) electrons. The van der Waals surface area contributed by atoms with E-state index in [9.17, 15) is 59.5 Å². The third kappa shape index (κ3) is 19.1. The van der Waals surface area contributed by atoms with Crippen LogP contribution in [-0.2, 0) is 32.4 Å². The van der Waals surface area contributed by atoms with E-state index in [1.165, 1.54) is 53.3 Å². The zero-order valence-electron chi connectivity index (χ0n) is 66.7. The van der Waals surface area contributed by atoms with Crippen LogP contribution in [0.4, 0.5) is 48.2 Å². The van der Waals surface area contributed by atoms with Gasteiger partial charge in [-0.05, 0) is 176 Å². The van der Waals surface area contributed by atoms with Crippen molar-refractivity contribution >= 4 is 69.4 Å². The van der Waals surface area contributed by atoms with Crippen molar-refractivity contribution in [2.45, 2.75) is 137 Å². The van der Waals surface area contributed by atoms with Gasteiger partial charge in [-0.1, -0.05) is 62.2 Å². The molecule has 0 bridgehead atoms. The first-order valence-electron chi connectivity index (χ1n) is 38.8. The molecule has 12 aromatic rings. The first-order valence-corrected chi connectivity index (χ1v) is 38.8. The Labute approximate surface area is 697 Å². The molecule has 0 aliphatic carbocycles. The summed E-state index contributed by atoms with van der Waals surface area (Å²) in [7, 11) is 0. The number of carbonyl (C=O) groups excluding carboxylic acids is 6. The number of hydrogen-bond acceptors (Lipinski definition) is 17. The number of likely N-dealkylation sites (tertiary alicyclic amines) is 3. The number of anilines is 3. The van der Waals surface area contributed by atoms with E-state index in [0.717, 1.165) is 87.4 Å².